The topological polar surface area (TPSA) is 50.7 Å². The lowest BCUT2D eigenvalue weighted by molar-refractivity contribution is -0.115. The van der Waals surface area contributed by atoms with Crippen molar-refractivity contribution in [1.29, 1.82) is 0 Å². The third kappa shape index (κ3) is 3.09. The molecule has 0 fully saturated rings. The number of hydrogen-bond acceptors (Lipinski definition) is 3. The largest absolute Gasteiger partial charge is 0.497 e. The Balaban J connectivity index is 1.90. The predicted molar refractivity (Wildman–Crippen MR) is 89.8 cm³/mol. The number of methoxy groups -OCH3 is 1. The maximum Gasteiger partial charge on any atom is 0.275 e. The Morgan fingerprint density at radius 1 is 1.18 bits per heavy atom. The Bertz CT molecular complexity index is 780. The summed E-state index contributed by atoms with van der Waals surface area (Å²) in [4.78, 5) is 16.4. The Morgan fingerprint density at radius 2 is 1.95 bits per heavy atom. The monoisotopic (exact) mass is 356 g/mol. The van der Waals surface area contributed by atoms with Crippen LogP contribution < -0.4 is 10.1 Å². The van der Waals surface area contributed by atoms with E-state index in [0.717, 1.165) is 21.3 Å². The molecule has 0 atom stereocenters. The standard InChI is InChI=1S/C17H13BrN2O2/c1-22-14-7-5-11(6-8-14)9-15-17(21)20-16(19-15)12-3-2-4-13(18)10-12/h2-10H,1H3,(H,19,20,21). The van der Waals surface area contributed by atoms with Gasteiger partial charge in [0.05, 0.1) is 7.11 Å². The lowest BCUT2D eigenvalue weighted by Gasteiger charge is -2.00. The Kier molecular flexibility index (Phi) is 4.06. The first-order valence-electron chi connectivity index (χ1n) is 6.67. The van der Waals surface area contributed by atoms with Crippen LogP contribution in [0.4, 0.5) is 0 Å². The quantitative estimate of drug-likeness (QED) is 0.857. The lowest BCUT2D eigenvalue weighted by Crippen LogP contribution is -2.24. The average Bonchev–Trinajstić information content (AvgIpc) is 2.89. The van der Waals surface area contributed by atoms with Crippen molar-refractivity contribution >= 4 is 33.7 Å². The number of amides is 1. The van der Waals surface area contributed by atoms with Gasteiger partial charge >= 0.3 is 0 Å². The number of rotatable bonds is 3. The third-order valence-electron chi connectivity index (χ3n) is 3.21. The van der Waals surface area contributed by atoms with Crippen molar-refractivity contribution in [2.75, 3.05) is 7.11 Å². The zero-order valence-electron chi connectivity index (χ0n) is 11.8. The number of hydrogen-bond donors (Lipinski definition) is 1. The Morgan fingerprint density at radius 3 is 2.64 bits per heavy atom. The zero-order chi connectivity index (χ0) is 15.5. The van der Waals surface area contributed by atoms with Gasteiger partial charge in [0.25, 0.3) is 5.91 Å². The maximum atomic E-state index is 12.0. The number of carbonyl (C=O) groups is 1. The van der Waals surface area contributed by atoms with Gasteiger partial charge < -0.3 is 10.1 Å². The van der Waals surface area contributed by atoms with Crippen LogP contribution in [0, 0.1) is 0 Å². The molecule has 1 heterocycles. The second-order valence-electron chi connectivity index (χ2n) is 4.73. The van der Waals surface area contributed by atoms with Crippen LogP contribution in [0.5, 0.6) is 5.75 Å². The second kappa shape index (κ2) is 6.15. The molecular formula is C17H13BrN2O2. The minimum Gasteiger partial charge on any atom is -0.497 e. The molecule has 110 valence electrons. The summed E-state index contributed by atoms with van der Waals surface area (Å²) in [5.41, 5.74) is 2.14. The fourth-order valence-electron chi connectivity index (χ4n) is 2.10. The number of ether oxygens (including phenoxy) is 1. The SMILES string of the molecule is COc1ccc(C=C2N=C(c3cccc(Br)c3)NC2=O)cc1. The molecule has 22 heavy (non-hydrogen) atoms. The molecule has 1 N–H and O–H groups in total. The summed E-state index contributed by atoms with van der Waals surface area (Å²) in [5, 5.41) is 2.79. The molecule has 4 nitrogen and oxygen atoms in total. The summed E-state index contributed by atoms with van der Waals surface area (Å²) in [6.07, 6.45) is 1.75. The molecule has 2 aromatic rings. The number of nitrogens with zero attached hydrogens (tertiary/aromatic N) is 1. The Labute approximate surface area is 136 Å². The van der Waals surface area contributed by atoms with Gasteiger partial charge in [0.15, 0.2) is 0 Å². The van der Waals surface area contributed by atoms with Gasteiger partial charge in [-0.25, -0.2) is 4.99 Å². The number of amidine groups is 1. The van der Waals surface area contributed by atoms with Crippen molar-refractivity contribution in [2.45, 2.75) is 0 Å². The molecule has 1 aliphatic heterocycles. The van der Waals surface area contributed by atoms with Crippen molar-refractivity contribution < 1.29 is 9.53 Å². The van der Waals surface area contributed by atoms with Crippen LogP contribution in [0.3, 0.4) is 0 Å². The number of aliphatic imine (C=N–C) groups is 1. The fourth-order valence-corrected chi connectivity index (χ4v) is 2.50. The van der Waals surface area contributed by atoms with Gasteiger partial charge in [0, 0.05) is 10.0 Å². The summed E-state index contributed by atoms with van der Waals surface area (Å²) < 4.78 is 6.05. The maximum absolute atomic E-state index is 12.0. The highest BCUT2D eigenvalue weighted by molar-refractivity contribution is 9.10. The van der Waals surface area contributed by atoms with Gasteiger partial charge in [-0.2, -0.15) is 0 Å². The fraction of sp³-hybridized carbons (Fsp3) is 0.0588. The molecule has 0 aliphatic carbocycles. The zero-order valence-corrected chi connectivity index (χ0v) is 13.4. The molecular weight excluding hydrogens is 344 g/mol. The number of benzene rings is 2. The van der Waals surface area contributed by atoms with E-state index in [1.807, 2.05) is 48.5 Å². The van der Waals surface area contributed by atoms with Gasteiger partial charge in [-0.1, -0.05) is 40.2 Å². The first kappa shape index (κ1) is 14.5. The number of nitrogens with one attached hydrogen (secondary N) is 1. The van der Waals surface area contributed by atoms with Crippen LogP contribution >= 0.6 is 15.9 Å². The molecule has 0 saturated carbocycles. The van der Waals surface area contributed by atoms with Crippen LogP contribution in [0.1, 0.15) is 11.1 Å². The summed E-state index contributed by atoms with van der Waals surface area (Å²) >= 11 is 3.41. The molecule has 0 spiro atoms. The first-order valence-corrected chi connectivity index (χ1v) is 7.47. The van der Waals surface area contributed by atoms with Crippen LogP contribution in [0.2, 0.25) is 0 Å². The van der Waals surface area contributed by atoms with Crippen molar-refractivity contribution in [1.82, 2.24) is 5.32 Å². The number of carbonyl (C=O) groups excluding carboxylic acids is 1. The molecule has 2 aromatic carbocycles. The molecule has 3 rings (SSSR count). The predicted octanol–water partition coefficient (Wildman–Crippen LogP) is 3.38. The molecule has 0 aromatic heterocycles. The van der Waals surface area contributed by atoms with E-state index in [0.29, 0.717) is 11.5 Å². The van der Waals surface area contributed by atoms with Gasteiger partial charge in [0.2, 0.25) is 0 Å². The van der Waals surface area contributed by atoms with Gasteiger partial charge in [-0.05, 0) is 35.9 Å². The highest BCUT2D eigenvalue weighted by Gasteiger charge is 2.21. The molecule has 0 radical (unpaired) electrons. The van der Waals surface area contributed by atoms with E-state index in [-0.39, 0.29) is 5.91 Å². The first-order chi connectivity index (χ1) is 10.7. The Hall–Kier alpha value is -2.40. The summed E-state index contributed by atoms with van der Waals surface area (Å²) in [6, 6.07) is 15.1. The highest BCUT2D eigenvalue weighted by Crippen LogP contribution is 2.19. The van der Waals surface area contributed by atoms with Crippen LogP contribution in [0.25, 0.3) is 6.08 Å². The number of halogens is 1. The minimum atomic E-state index is -0.203. The minimum absolute atomic E-state index is 0.203. The van der Waals surface area contributed by atoms with E-state index in [2.05, 4.69) is 26.2 Å². The summed E-state index contributed by atoms with van der Waals surface area (Å²) in [5.74, 6) is 1.13. The molecule has 5 heteroatoms. The van der Waals surface area contributed by atoms with E-state index < -0.39 is 0 Å². The third-order valence-corrected chi connectivity index (χ3v) is 3.71. The van der Waals surface area contributed by atoms with E-state index in [1.165, 1.54) is 0 Å². The van der Waals surface area contributed by atoms with Crippen LogP contribution in [-0.2, 0) is 4.79 Å². The normalized spacial score (nSPS) is 15.6. The molecule has 0 saturated heterocycles. The van der Waals surface area contributed by atoms with E-state index >= 15 is 0 Å². The molecule has 0 unspecified atom stereocenters. The summed E-state index contributed by atoms with van der Waals surface area (Å²) in [7, 11) is 1.62. The van der Waals surface area contributed by atoms with Crippen molar-refractivity contribution in [3.05, 3.63) is 69.8 Å². The average molecular weight is 357 g/mol. The van der Waals surface area contributed by atoms with Crippen LogP contribution in [0.15, 0.2) is 63.7 Å². The van der Waals surface area contributed by atoms with E-state index in [9.17, 15) is 4.79 Å². The van der Waals surface area contributed by atoms with E-state index in [1.54, 1.807) is 13.2 Å². The van der Waals surface area contributed by atoms with E-state index in [4.69, 9.17) is 4.74 Å². The second-order valence-corrected chi connectivity index (χ2v) is 5.64. The van der Waals surface area contributed by atoms with Gasteiger partial charge in [-0.15, -0.1) is 0 Å². The van der Waals surface area contributed by atoms with Gasteiger partial charge in [0.1, 0.15) is 17.3 Å². The van der Waals surface area contributed by atoms with Crippen LogP contribution in [-0.4, -0.2) is 18.9 Å². The van der Waals surface area contributed by atoms with Crippen molar-refractivity contribution in [3.8, 4) is 5.75 Å². The van der Waals surface area contributed by atoms with Crippen molar-refractivity contribution in [3.63, 3.8) is 0 Å². The molecule has 1 aliphatic rings. The van der Waals surface area contributed by atoms with Gasteiger partial charge in [-0.3, -0.25) is 4.79 Å². The van der Waals surface area contributed by atoms with Crippen molar-refractivity contribution in [2.24, 2.45) is 4.99 Å². The molecule has 1 amide bonds. The summed E-state index contributed by atoms with van der Waals surface area (Å²) in [6.45, 7) is 0. The smallest absolute Gasteiger partial charge is 0.275 e. The molecule has 0 bridgehead atoms. The lowest BCUT2D eigenvalue weighted by atomic mass is 10.2. The highest BCUT2D eigenvalue weighted by atomic mass is 79.9.